The smallest absolute Gasteiger partial charge is 0.0621 e. The van der Waals surface area contributed by atoms with Gasteiger partial charge in [-0.05, 0) is 94.4 Å². The maximum Gasteiger partial charge on any atom is 0.0621 e. The highest BCUT2D eigenvalue weighted by atomic mass is 15.1. The lowest BCUT2D eigenvalue weighted by Crippen LogP contribution is -2.23. The second-order valence-corrected chi connectivity index (χ2v) is 12.5. The van der Waals surface area contributed by atoms with E-state index in [1.807, 2.05) is 18.2 Å². The Labute approximate surface area is 283 Å². The van der Waals surface area contributed by atoms with E-state index in [1.165, 1.54) is 44.3 Å². The number of aryl methyl sites for hydroxylation is 1. The van der Waals surface area contributed by atoms with Gasteiger partial charge in [-0.2, -0.15) is 0 Å². The first kappa shape index (κ1) is 25.8. The molecule has 1 nitrogen and oxygen atoms in total. The molecular weight excluding hydrogens is 567 g/mol. The predicted octanol–water partition coefficient (Wildman–Crippen LogP) is 13.0. The van der Waals surface area contributed by atoms with Gasteiger partial charge >= 0.3 is 0 Å². The van der Waals surface area contributed by atoms with Crippen molar-refractivity contribution >= 4 is 27.8 Å². The van der Waals surface area contributed by atoms with E-state index in [0.717, 1.165) is 40.9 Å². The second-order valence-electron chi connectivity index (χ2n) is 12.5. The molecule has 0 aliphatic heterocycles. The van der Waals surface area contributed by atoms with Crippen LogP contribution < -0.4 is 4.90 Å². The highest BCUT2D eigenvalue weighted by molar-refractivity contribution is 6.10. The van der Waals surface area contributed by atoms with Gasteiger partial charge in [0, 0.05) is 31.9 Å². The monoisotopic (exact) mass is 608 g/mol. The molecule has 0 N–H and O–H groups in total. The molecule has 0 unspecified atom stereocenters. The molecule has 0 spiro atoms. The summed E-state index contributed by atoms with van der Waals surface area (Å²) >= 11 is 0. The summed E-state index contributed by atoms with van der Waals surface area (Å²) in [5.41, 5.74) is 13.2. The molecule has 0 saturated heterocycles. The lowest BCUT2D eigenvalue weighted by atomic mass is 9.73. The van der Waals surface area contributed by atoms with Crippen LogP contribution in [0.5, 0.6) is 0 Å². The quantitative estimate of drug-likeness (QED) is 0.174. The van der Waals surface area contributed by atoms with Gasteiger partial charge < -0.3 is 4.90 Å². The molecule has 1 aliphatic carbocycles. The van der Waals surface area contributed by atoms with Crippen LogP contribution in [0.1, 0.15) is 47.5 Å². The molecule has 47 heavy (non-hydrogen) atoms. The molecule has 0 saturated carbocycles. The van der Waals surface area contributed by atoms with Crippen LogP contribution in [0.25, 0.3) is 44.2 Å². The van der Waals surface area contributed by atoms with Crippen LogP contribution in [-0.2, 0) is 5.41 Å². The van der Waals surface area contributed by atoms with Crippen molar-refractivity contribution in [2.45, 2.75) is 39.0 Å². The van der Waals surface area contributed by atoms with E-state index in [9.17, 15) is 0 Å². The van der Waals surface area contributed by atoms with Crippen molar-refractivity contribution in [3.8, 4) is 33.4 Å². The summed E-state index contributed by atoms with van der Waals surface area (Å²) in [5, 5.41) is 2.35. The zero-order valence-electron chi connectivity index (χ0n) is 29.9. The second kappa shape index (κ2) is 11.8. The van der Waals surface area contributed by atoms with E-state index < -0.39 is 6.85 Å². The molecular formula is C46H39N. The van der Waals surface area contributed by atoms with Crippen molar-refractivity contribution < 1.29 is 4.11 Å². The molecule has 0 radical (unpaired) electrons. The van der Waals surface area contributed by atoms with E-state index in [0.29, 0.717) is 5.56 Å². The highest BCUT2D eigenvalue weighted by Gasteiger charge is 2.43. The van der Waals surface area contributed by atoms with E-state index in [2.05, 4.69) is 146 Å². The molecule has 7 aromatic carbocycles. The Morgan fingerprint density at radius 2 is 1.09 bits per heavy atom. The van der Waals surface area contributed by atoms with Crippen molar-refractivity contribution in [1.82, 2.24) is 0 Å². The normalized spacial score (nSPS) is 14.1. The number of nitrogens with zero attached hydrogens (tertiary/aromatic N) is 1. The topological polar surface area (TPSA) is 3.24 Å². The fourth-order valence-corrected chi connectivity index (χ4v) is 7.90. The molecule has 1 aliphatic rings. The van der Waals surface area contributed by atoms with Gasteiger partial charge in [-0.15, -0.1) is 0 Å². The van der Waals surface area contributed by atoms with Gasteiger partial charge in [0.25, 0.3) is 0 Å². The number of fused-ring (bicyclic) bond motifs is 4. The predicted molar refractivity (Wildman–Crippen MR) is 201 cm³/mol. The lowest BCUT2D eigenvalue weighted by molar-refractivity contribution is 0.491. The van der Waals surface area contributed by atoms with Gasteiger partial charge in [0.05, 0.1) is 5.69 Å². The van der Waals surface area contributed by atoms with Crippen molar-refractivity contribution in [1.29, 1.82) is 0 Å². The van der Waals surface area contributed by atoms with E-state index in [1.54, 1.807) is 12.1 Å². The minimum atomic E-state index is -2.18. The first-order valence-corrected chi connectivity index (χ1v) is 16.7. The van der Waals surface area contributed by atoms with Crippen LogP contribution in [0.2, 0.25) is 0 Å². The maximum atomic E-state index is 8.06. The molecule has 0 fully saturated rings. The Morgan fingerprint density at radius 3 is 1.74 bits per heavy atom. The summed E-state index contributed by atoms with van der Waals surface area (Å²) < 4.78 is 24.2. The SMILES string of the molecule is [2H]C([2H])([2H])c1ccc(N(c2ccc(-c3ccccc3-c3ccccc3)cc2)c2c3c(cc4ccccc24)C(CC)(CC)c2ccccc2-3)cc1. The molecule has 0 atom stereocenters. The van der Waals surface area contributed by atoms with Crippen molar-refractivity contribution in [3.63, 3.8) is 0 Å². The zero-order chi connectivity index (χ0) is 34.5. The van der Waals surface area contributed by atoms with Crippen molar-refractivity contribution in [3.05, 3.63) is 174 Å². The van der Waals surface area contributed by atoms with Crippen LogP contribution >= 0.6 is 0 Å². The summed E-state index contributed by atoms with van der Waals surface area (Å²) in [6.45, 7) is 2.43. The fraction of sp³-hybridized carbons (Fsp3) is 0.130. The third-order valence-corrected chi connectivity index (χ3v) is 10.3. The van der Waals surface area contributed by atoms with Gasteiger partial charge in [0.2, 0.25) is 0 Å². The first-order valence-electron chi connectivity index (χ1n) is 18.2. The van der Waals surface area contributed by atoms with E-state index in [-0.39, 0.29) is 5.41 Å². The molecule has 0 amide bonds. The summed E-state index contributed by atoms with van der Waals surface area (Å²) in [6.07, 6.45) is 1.99. The van der Waals surface area contributed by atoms with E-state index in [4.69, 9.17) is 4.11 Å². The summed E-state index contributed by atoms with van der Waals surface area (Å²) in [6, 6.07) is 55.3. The van der Waals surface area contributed by atoms with Gasteiger partial charge in [0.15, 0.2) is 0 Å². The van der Waals surface area contributed by atoms with E-state index >= 15 is 0 Å². The average molecular weight is 609 g/mol. The van der Waals surface area contributed by atoms with Crippen molar-refractivity contribution in [2.24, 2.45) is 0 Å². The van der Waals surface area contributed by atoms with Crippen LogP contribution in [0.15, 0.2) is 158 Å². The van der Waals surface area contributed by atoms with Gasteiger partial charge in [-0.25, -0.2) is 0 Å². The minimum absolute atomic E-state index is 0.105. The molecule has 0 bridgehead atoms. The Hall–Kier alpha value is -5.40. The van der Waals surface area contributed by atoms with Crippen LogP contribution in [0.3, 0.4) is 0 Å². The average Bonchev–Trinajstić information content (AvgIpc) is 3.44. The fourth-order valence-electron chi connectivity index (χ4n) is 7.90. The number of hydrogen-bond donors (Lipinski definition) is 0. The Morgan fingerprint density at radius 1 is 0.532 bits per heavy atom. The molecule has 0 heterocycles. The van der Waals surface area contributed by atoms with Crippen LogP contribution in [0.4, 0.5) is 17.1 Å². The minimum Gasteiger partial charge on any atom is -0.309 e. The molecule has 8 rings (SSSR count). The highest BCUT2D eigenvalue weighted by Crippen LogP contribution is 2.59. The third-order valence-electron chi connectivity index (χ3n) is 10.3. The summed E-state index contributed by atoms with van der Waals surface area (Å²) in [7, 11) is 0. The Bertz CT molecular complexity index is 2320. The zero-order valence-corrected chi connectivity index (χ0v) is 26.9. The largest absolute Gasteiger partial charge is 0.309 e. The third kappa shape index (κ3) is 4.69. The number of anilines is 3. The molecule has 0 aromatic heterocycles. The number of hydrogen-bond acceptors (Lipinski definition) is 1. The first-order chi connectivity index (χ1) is 24.3. The molecule has 228 valence electrons. The number of benzene rings is 7. The van der Waals surface area contributed by atoms with Crippen LogP contribution in [-0.4, -0.2) is 0 Å². The van der Waals surface area contributed by atoms with Gasteiger partial charge in [-0.1, -0.05) is 147 Å². The number of rotatable bonds is 7. The lowest BCUT2D eigenvalue weighted by Gasteiger charge is -2.32. The summed E-state index contributed by atoms with van der Waals surface area (Å²) in [4.78, 5) is 2.34. The van der Waals surface area contributed by atoms with Gasteiger partial charge in [-0.3, -0.25) is 0 Å². The molecule has 1 heteroatoms. The van der Waals surface area contributed by atoms with Crippen molar-refractivity contribution in [2.75, 3.05) is 4.90 Å². The van der Waals surface area contributed by atoms with Crippen LogP contribution in [0, 0.1) is 6.85 Å². The Kier molecular flexibility index (Phi) is 6.44. The van der Waals surface area contributed by atoms with Gasteiger partial charge in [0.1, 0.15) is 0 Å². The maximum absolute atomic E-state index is 8.06. The summed E-state index contributed by atoms with van der Waals surface area (Å²) in [5.74, 6) is 0. The molecule has 7 aromatic rings. The Balaban J connectivity index is 1.39. The standard InChI is InChI=1S/C46H39N/c1-4-46(5-2)42-22-14-13-21-41(42)44-43(46)31-35-17-9-10-20-40(35)45(44)47(36-27-23-32(3)24-28-36)37-29-25-34(26-30-37)39-19-12-11-18-38(39)33-15-7-6-8-16-33/h6-31H,4-5H2,1-3H3/i3D3.